The van der Waals surface area contributed by atoms with Crippen molar-refractivity contribution in [2.24, 2.45) is 0 Å². The van der Waals surface area contributed by atoms with E-state index in [0.29, 0.717) is 30.7 Å². The van der Waals surface area contributed by atoms with Crippen LogP contribution in [0.2, 0.25) is 5.02 Å². The Hall–Kier alpha value is -2.09. The van der Waals surface area contributed by atoms with Gasteiger partial charge in [-0.05, 0) is 39.7 Å². The number of hydrogen-bond acceptors (Lipinski definition) is 4. The third-order valence-electron chi connectivity index (χ3n) is 5.72. The van der Waals surface area contributed by atoms with Gasteiger partial charge in [0.05, 0.1) is 16.1 Å². The molecule has 1 aliphatic rings. The Morgan fingerprint density at radius 1 is 1.19 bits per heavy atom. The van der Waals surface area contributed by atoms with Crippen molar-refractivity contribution in [1.29, 1.82) is 0 Å². The zero-order valence-corrected chi connectivity index (χ0v) is 20.1. The van der Waals surface area contributed by atoms with Crippen LogP contribution in [0.5, 0.6) is 0 Å². The third-order valence-corrected chi connectivity index (χ3v) is 6.55. The second kappa shape index (κ2) is 9.59. The van der Waals surface area contributed by atoms with E-state index in [2.05, 4.69) is 50.0 Å². The summed E-state index contributed by atoms with van der Waals surface area (Å²) in [5.41, 5.74) is 3.00. The highest BCUT2D eigenvalue weighted by atomic mass is 79.9. The van der Waals surface area contributed by atoms with Crippen LogP contribution >= 0.6 is 27.5 Å². The molecule has 0 aliphatic carbocycles. The number of halogens is 2. The van der Waals surface area contributed by atoms with Gasteiger partial charge in [0.1, 0.15) is 5.65 Å². The van der Waals surface area contributed by atoms with E-state index in [1.54, 1.807) is 0 Å². The van der Waals surface area contributed by atoms with Gasteiger partial charge in [0.15, 0.2) is 0 Å². The third kappa shape index (κ3) is 4.89. The number of nitrogens with one attached hydrogen (secondary N) is 2. The Bertz CT molecular complexity index is 1040. The van der Waals surface area contributed by atoms with Crippen molar-refractivity contribution < 1.29 is 4.79 Å². The first-order valence-electron chi connectivity index (χ1n) is 10.6. The second-order valence-electron chi connectivity index (χ2n) is 8.17. The number of pyridine rings is 1. The molecule has 1 saturated heterocycles. The Labute approximate surface area is 196 Å². The number of carbonyl (C=O) groups is 1. The number of hydrogen-bond donors (Lipinski definition) is 2. The predicted molar refractivity (Wildman–Crippen MR) is 130 cm³/mol. The number of benzene rings is 1. The summed E-state index contributed by atoms with van der Waals surface area (Å²) in [6.07, 6.45) is 3.74. The Morgan fingerprint density at radius 3 is 2.58 bits per heavy atom. The topological polar surface area (TPSA) is 64.3 Å². The number of nitrogens with zero attached hydrogens (tertiary/aromatic N) is 3. The molecule has 1 atom stereocenters. The highest BCUT2D eigenvalue weighted by Crippen LogP contribution is 2.34. The molecule has 3 aromatic rings. The van der Waals surface area contributed by atoms with E-state index >= 15 is 0 Å². The Morgan fingerprint density at radius 2 is 1.90 bits per heavy atom. The maximum absolute atomic E-state index is 13.5. The number of piperazine rings is 1. The zero-order chi connectivity index (χ0) is 22.0. The van der Waals surface area contributed by atoms with Crippen LogP contribution in [0, 0.1) is 0 Å². The molecule has 0 saturated carbocycles. The molecule has 2 N–H and O–H groups in total. The van der Waals surface area contributed by atoms with E-state index in [-0.39, 0.29) is 11.8 Å². The number of carbonyl (C=O) groups excluding carboxylic acids is 1. The Kier molecular flexibility index (Phi) is 6.84. The van der Waals surface area contributed by atoms with Gasteiger partial charge in [-0.3, -0.25) is 4.79 Å². The first kappa shape index (κ1) is 22.1. The van der Waals surface area contributed by atoms with Crippen LogP contribution in [-0.4, -0.2) is 59.5 Å². The molecular formula is C23H27BrClN5O. The number of amides is 1. The van der Waals surface area contributed by atoms with Crippen molar-refractivity contribution in [3.05, 3.63) is 57.8 Å². The molecule has 0 spiro atoms. The number of anilines is 1. The summed E-state index contributed by atoms with van der Waals surface area (Å²) in [6.45, 7) is 7.72. The van der Waals surface area contributed by atoms with Crippen LogP contribution in [-0.2, 0) is 4.79 Å². The molecule has 1 amide bonds. The lowest BCUT2D eigenvalue weighted by Gasteiger charge is -2.38. The van der Waals surface area contributed by atoms with Gasteiger partial charge < -0.3 is 20.1 Å². The molecule has 8 heteroatoms. The number of H-pyrrole nitrogens is 1. The van der Waals surface area contributed by atoms with Gasteiger partial charge in [-0.25, -0.2) is 4.98 Å². The zero-order valence-electron chi connectivity index (χ0n) is 17.7. The fourth-order valence-electron chi connectivity index (χ4n) is 4.06. The minimum atomic E-state index is -0.227. The number of aromatic nitrogens is 2. The monoisotopic (exact) mass is 503 g/mol. The van der Waals surface area contributed by atoms with Crippen molar-refractivity contribution in [3.63, 3.8) is 0 Å². The van der Waals surface area contributed by atoms with Gasteiger partial charge in [-0.15, -0.1) is 0 Å². The van der Waals surface area contributed by atoms with Crippen LogP contribution in [0.3, 0.4) is 0 Å². The minimum Gasteiger partial charge on any atom is -0.366 e. The van der Waals surface area contributed by atoms with E-state index < -0.39 is 0 Å². The van der Waals surface area contributed by atoms with Crippen molar-refractivity contribution in [1.82, 2.24) is 20.2 Å². The molecule has 164 valence electrons. The average Bonchev–Trinajstić information content (AvgIpc) is 3.23. The fourth-order valence-corrected chi connectivity index (χ4v) is 4.75. The van der Waals surface area contributed by atoms with Crippen molar-refractivity contribution in [2.45, 2.75) is 25.8 Å². The second-order valence-corrected chi connectivity index (χ2v) is 9.46. The molecule has 1 aliphatic heterocycles. The smallest absolute Gasteiger partial charge is 0.231 e. The van der Waals surface area contributed by atoms with Gasteiger partial charge in [0, 0.05) is 61.6 Å². The molecule has 0 bridgehead atoms. The highest BCUT2D eigenvalue weighted by Gasteiger charge is 2.29. The molecule has 0 unspecified atom stereocenters. The quantitative estimate of drug-likeness (QED) is 0.522. The molecule has 6 nitrogen and oxygen atoms in total. The fraction of sp³-hybridized carbons (Fsp3) is 0.391. The van der Waals surface area contributed by atoms with Crippen molar-refractivity contribution >= 4 is 50.2 Å². The lowest BCUT2D eigenvalue weighted by atomic mass is 9.96. The maximum Gasteiger partial charge on any atom is 0.231 e. The van der Waals surface area contributed by atoms with Gasteiger partial charge in [0.25, 0.3) is 0 Å². The number of aromatic amines is 1. The summed E-state index contributed by atoms with van der Waals surface area (Å²) in [7, 11) is 0. The summed E-state index contributed by atoms with van der Waals surface area (Å²) in [5, 5.41) is 5.20. The largest absolute Gasteiger partial charge is 0.366 e. The highest BCUT2D eigenvalue weighted by molar-refractivity contribution is 9.10. The van der Waals surface area contributed by atoms with E-state index in [1.807, 2.05) is 47.6 Å². The van der Waals surface area contributed by atoms with Gasteiger partial charge >= 0.3 is 0 Å². The van der Waals surface area contributed by atoms with Crippen molar-refractivity contribution in [2.75, 3.05) is 37.6 Å². The molecule has 1 aromatic carbocycles. The molecule has 3 heterocycles. The Balaban J connectivity index is 1.49. The van der Waals surface area contributed by atoms with Gasteiger partial charge in [-0.2, -0.15) is 0 Å². The summed E-state index contributed by atoms with van der Waals surface area (Å²) < 4.78 is 0.972. The molecule has 1 fully saturated rings. The summed E-state index contributed by atoms with van der Waals surface area (Å²) >= 11 is 9.72. The predicted octanol–water partition coefficient (Wildman–Crippen LogP) is 4.41. The van der Waals surface area contributed by atoms with Crippen LogP contribution in [0.1, 0.15) is 25.3 Å². The summed E-state index contributed by atoms with van der Waals surface area (Å²) in [4.78, 5) is 25.4. The molecule has 0 radical (unpaired) electrons. The van der Waals surface area contributed by atoms with Crippen LogP contribution in [0.15, 0.2) is 47.2 Å². The summed E-state index contributed by atoms with van der Waals surface area (Å²) in [5.74, 6) is -0.0639. The van der Waals surface area contributed by atoms with Crippen molar-refractivity contribution in [3.8, 4) is 0 Å². The number of fused-ring (bicyclic) bond motifs is 1. The molecule has 4 rings (SSSR count). The standard InChI is InChI=1S/C23H27BrClN5O/c1-15(2)27-13-19(16-3-5-17(25)6-4-16)23(31)30-11-9-29(10-12-30)21-18-7-8-26-22(18)28-14-20(21)24/h3-8,14-15,19,27H,9-13H2,1-2H3,(H,26,28)/t19-/m1/s1. The van der Waals surface area contributed by atoms with Gasteiger partial charge in [-0.1, -0.05) is 37.6 Å². The van der Waals surface area contributed by atoms with E-state index in [9.17, 15) is 4.79 Å². The van der Waals surface area contributed by atoms with Crippen LogP contribution in [0.25, 0.3) is 11.0 Å². The molecule has 31 heavy (non-hydrogen) atoms. The summed E-state index contributed by atoms with van der Waals surface area (Å²) in [6, 6.07) is 9.99. The van der Waals surface area contributed by atoms with E-state index in [1.165, 1.54) is 0 Å². The minimum absolute atomic E-state index is 0.163. The normalized spacial score (nSPS) is 15.6. The van der Waals surface area contributed by atoms with Crippen LogP contribution < -0.4 is 10.2 Å². The van der Waals surface area contributed by atoms with E-state index in [0.717, 1.165) is 39.8 Å². The lowest BCUT2D eigenvalue weighted by Crippen LogP contribution is -2.51. The molecular weight excluding hydrogens is 478 g/mol. The lowest BCUT2D eigenvalue weighted by molar-refractivity contribution is -0.133. The average molecular weight is 505 g/mol. The first-order chi connectivity index (χ1) is 14.9. The SMILES string of the molecule is CC(C)NC[C@@H](C(=O)N1CCN(c2c(Br)cnc3[nH]ccc23)CC1)c1ccc(Cl)cc1. The van der Waals surface area contributed by atoms with Gasteiger partial charge in [0.2, 0.25) is 5.91 Å². The maximum atomic E-state index is 13.5. The van der Waals surface area contributed by atoms with E-state index in [4.69, 9.17) is 11.6 Å². The molecule has 2 aromatic heterocycles. The van der Waals surface area contributed by atoms with Crippen LogP contribution in [0.4, 0.5) is 5.69 Å². The number of rotatable bonds is 6. The first-order valence-corrected chi connectivity index (χ1v) is 11.8.